The number of benzene rings is 4. The van der Waals surface area contributed by atoms with Crippen molar-refractivity contribution in [3.63, 3.8) is 0 Å². The molecule has 2 aliphatic heterocycles. The van der Waals surface area contributed by atoms with E-state index in [9.17, 15) is 27.6 Å². The number of carboxylic acid groups (broad SMARTS) is 2. The standard InChI is InChI=1S/C21H19Cl2F3N2O4.C18H18Cl2N2O2/c22-15-5-1-13(2-6-15)17(14-3-7-16(23)8-4-14)27-9-11-28(12-10-27)20(31)32-18(19(29)30)21(24,25)26;19-15-5-1-13(2-6-15)17(14-3-7-16(20)8-4-14)21-9-11-22(12-10-21)18(23)24/h1-8,17-18H,9-12H2,(H,29,30);1-8,17H,9-12H2,(H,23,24). The van der Waals surface area contributed by atoms with E-state index in [-0.39, 0.29) is 25.2 Å². The van der Waals surface area contributed by atoms with Gasteiger partial charge in [-0.2, -0.15) is 13.2 Å². The third-order valence-corrected chi connectivity index (χ3v) is 10.4. The Balaban J connectivity index is 0.000000223. The lowest BCUT2D eigenvalue weighted by atomic mass is 9.96. The van der Waals surface area contributed by atoms with Gasteiger partial charge in [0.1, 0.15) is 0 Å². The minimum absolute atomic E-state index is 0.0514. The Morgan fingerprint density at radius 1 is 0.518 bits per heavy atom. The van der Waals surface area contributed by atoms with Crippen LogP contribution in [0.1, 0.15) is 34.3 Å². The van der Waals surface area contributed by atoms with Crippen molar-refractivity contribution in [3.8, 4) is 0 Å². The third-order valence-electron chi connectivity index (χ3n) is 9.37. The highest BCUT2D eigenvalue weighted by Crippen LogP contribution is 2.33. The molecule has 0 aliphatic carbocycles. The summed E-state index contributed by atoms with van der Waals surface area (Å²) in [6, 6.07) is 30.0. The average molecular weight is 857 g/mol. The fourth-order valence-electron chi connectivity index (χ4n) is 6.58. The van der Waals surface area contributed by atoms with Crippen LogP contribution in [-0.4, -0.2) is 113 Å². The summed E-state index contributed by atoms with van der Waals surface area (Å²) in [5.74, 6) is -2.27. The van der Waals surface area contributed by atoms with Crippen LogP contribution < -0.4 is 0 Å². The molecule has 2 N–H and O–H groups in total. The molecule has 6 rings (SSSR count). The van der Waals surface area contributed by atoms with Crippen molar-refractivity contribution in [2.45, 2.75) is 24.4 Å². The molecule has 1 atom stereocenters. The van der Waals surface area contributed by atoms with Gasteiger partial charge in [0.05, 0.1) is 12.1 Å². The van der Waals surface area contributed by atoms with E-state index in [1.54, 1.807) is 24.3 Å². The van der Waals surface area contributed by atoms with Crippen molar-refractivity contribution >= 4 is 64.6 Å². The number of rotatable bonds is 8. The Morgan fingerprint density at radius 2 is 0.804 bits per heavy atom. The molecule has 0 radical (unpaired) electrons. The number of aliphatic carboxylic acids is 1. The van der Waals surface area contributed by atoms with Crippen LogP contribution in [-0.2, 0) is 9.53 Å². The zero-order valence-corrected chi connectivity index (χ0v) is 32.6. The smallest absolute Gasteiger partial charge is 0.436 e. The fourth-order valence-corrected chi connectivity index (χ4v) is 7.08. The Kier molecular flexibility index (Phi) is 14.8. The first-order chi connectivity index (χ1) is 26.6. The largest absolute Gasteiger partial charge is 0.478 e. The first-order valence-corrected chi connectivity index (χ1v) is 18.8. The maximum Gasteiger partial charge on any atom is 0.436 e. The number of amides is 2. The van der Waals surface area contributed by atoms with Crippen LogP contribution in [0.15, 0.2) is 97.1 Å². The highest BCUT2D eigenvalue weighted by atomic mass is 35.5. The molecule has 2 heterocycles. The molecule has 2 aliphatic rings. The zero-order chi connectivity index (χ0) is 40.6. The number of carbonyl (C=O) groups is 3. The van der Waals surface area contributed by atoms with Gasteiger partial charge in [-0.05, 0) is 70.8 Å². The van der Waals surface area contributed by atoms with Gasteiger partial charge >= 0.3 is 24.3 Å². The van der Waals surface area contributed by atoms with Gasteiger partial charge in [0.15, 0.2) is 0 Å². The van der Waals surface area contributed by atoms with Gasteiger partial charge in [0.25, 0.3) is 6.10 Å². The maximum atomic E-state index is 12.8. The summed E-state index contributed by atoms with van der Waals surface area (Å²) in [4.78, 5) is 41.0. The highest BCUT2D eigenvalue weighted by molar-refractivity contribution is 6.31. The average Bonchev–Trinajstić information content (AvgIpc) is 3.17. The Labute approximate surface area is 341 Å². The number of piperazine rings is 2. The summed E-state index contributed by atoms with van der Waals surface area (Å²) in [6.45, 7) is 3.18. The Hall–Kier alpha value is -4.24. The normalized spacial score (nSPS) is 15.9. The van der Waals surface area contributed by atoms with Crippen LogP contribution in [0.2, 0.25) is 20.1 Å². The number of alkyl halides is 3. The highest BCUT2D eigenvalue weighted by Gasteiger charge is 2.49. The molecule has 0 aromatic heterocycles. The third kappa shape index (κ3) is 11.4. The number of halogens is 7. The molecule has 4 aromatic carbocycles. The molecule has 298 valence electrons. The summed E-state index contributed by atoms with van der Waals surface area (Å²) in [6.07, 6.45) is -10.6. The molecule has 56 heavy (non-hydrogen) atoms. The molecule has 0 bridgehead atoms. The molecule has 4 aromatic rings. The van der Waals surface area contributed by atoms with Gasteiger partial charge in [0, 0.05) is 72.4 Å². The van der Waals surface area contributed by atoms with E-state index >= 15 is 0 Å². The minimum atomic E-state index is -5.20. The lowest BCUT2D eigenvalue weighted by molar-refractivity contribution is -0.216. The lowest BCUT2D eigenvalue weighted by Crippen LogP contribution is -2.52. The Bertz CT molecular complexity index is 1830. The van der Waals surface area contributed by atoms with Crippen LogP contribution in [0.3, 0.4) is 0 Å². The van der Waals surface area contributed by atoms with Crippen LogP contribution >= 0.6 is 46.4 Å². The van der Waals surface area contributed by atoms with Gasteiger partial charge in [-0.15, -0.1) is 0 Å². The van der Waals surface area contributed by atoms with Gasteiger partial charge < -0.3 is 24.7 Å². The molecule has 0 spiro atoms. The van der Waals surface area contributed by atoms with Crippen molar-refractivity contribution in [3.05, 3.63) is 139 Å². The lowest BCUT2D eigenvalue weighted by Gasteiger charge is -2.39. The van der Waals surface area contributed by atoms with E-state index in [2.05, 4.69) is 14.5 Å². The van der Waals surface area contributed by atoms with Crippen molar-refractivity contribution in [1.82, 2.24) is 19.6 Å². The molecule has 0 saturated carbocycles. The van der Waals surface area contributed by atoms with E-state index in [4.69, 9.17) is 56.6 Å². The monoisotopic (exact) mass is 854 g/mol. The van der Waals surface area contributed by atoms with Crippen LogP contribution in [0.5, 0.6) is 0 Å². The summed E-state index contributed by atoms with van der Waals surface area (Å²) < 4.78 is 42.6. The van der Waals surface area contributed by atoms with Gasteiger partial charge in [0.2, 0.25) is 0 Å². The van der Waals surface area contributed by atoms with E-state index in [0.717, 1.165) is 27.2 Å². The first kappa shape index (κ1) is 42.9. The van der Waals surface area contributed by atoms with Crippen LogP contribution in [0.25, 0.3) is 0 Å². The topological polar surface area (TPSA) is 114 Å². The molecular weight excluding hydrogens is 819 g/mol. The maximum absolute atomic E-state index is 12.8. The van der Waals surface area contributed by atoms with E-state index < -0.39 is 30.4 Å². The molecule has 17 heteroatoms. The van der Waals surface area contributed by atoms with Crippen LogP contribution in [0.4, 0.5) is 22.8 Å². The number of carboxylic acids is 1. The number of hydrogen-bond donors (Lipinski definition) is 2. The molecule has 2 saturated heterocycles. The Morgan fingerprint density at radius 3 is 1.05 bits per heavy atom. The van der Waals surface area contributed by atoms with E-state index in [0.29, 0.717) is 59.4 Å². The second-order valence-electron chi connectivity index (χ2n) is 13.0. The number of hydrogen-bond acceptors (Lipinski definition) is 6. The summed E-state index contributed by atoms with van der Waals surface area (Å²) in [5.41, 5.74) is 4.14. The first-order valence-electron chi connectivity index (χ1n) is 17.3. The zero-order valence-electron chi connectivity index (χ0n) is 29.6. The second-order valence-corrected chi connectivity index (χ2v) is 14.7. The number of nitrogens with zero attached hydrogens (tertiary/aromatic N) is 4. The van der Waals surface area contributed by atoms with Gasteiger partial charge in [-0.25, -0.2) is 14.4 Å². The predicted molar refractivity (Wildman–Crippen MR) is 208 cm³/mol. The van der Waals surface area contributed by atoms with Gasteiger partial charge in [-0.3, -0.25) is 9.80 Å². The summed E-state index contributed by atoms with van der Waals surface area (Å²) in [5, 5.41) is 20.4. The number of ether oxygens (including phenoxy) is 1. The molecule has 2 amide bonds. The molecule has 10 nitrogen and oxygen atoms in total. The van der Waals surface area contributed by atoms with Crippen LogP contribution in [0, 0.1) is 0 Å². The van der Waals surface area contributed by atoms with Crippen molar-refractivity contribution < 1.29 is 42.5 Å². The van der Waals surface area contributed by atoms with Gasteiger partial charge in [-0.1, -0.05) is 94.9 Å². The molecule has 1 unspecified atom stereocenters. The quantitative estimate of drug-likeness (QED) is 0.181. The minimum Gasteiger partial charge on any atom is -0.478 e. The SMILES string of the molecule is O=C(O)C(OC(=O)N1CCN(C(c2ccc(Cl)cc2)c2ccc(Cl)cc2)CC1)C(F)(F)F.O=C(O)N1CCN(C(c2ccc(Cl)cc2)c2ccc(Cl)cc2)CC1. The summed E-state index contributed by atoms with van der Waals surface area (Å²) >= 11 is 24.1. The molecule has 2 fully saturated rings. The molecular formula is C39H37Cl4F3N4O6. The number of carbonyl (C=O) groups excluding carboxylic acids is 1. The summed E-state index contributed by atoms with van der Waals surface area (Å²) in [7, 11) is 0. The van der Waals surface area contributed by atoms with Crippen molar-refractivity contribution in [2.75, 3.05) is 52.4 Å². The second kappa shape index (κ2) is 19.3. The fraction of sp³-hybridized carbons (Fsp3) is 0.308. The van der Waals surface area contributed by atoms with E-state index in [1.165, 1.54) is 4.90 Å². The van der Waals surface area contributed by atoms with Crippen molar-refractivity contribution in [2.24, 2.45) is 0 Å². The predicted octanol–water partition coefficient (Wildman–Crippen LogP) is 9.23. The van der Waals surface area contributed by atoms with Crippen molar-refractivity contribution in [1.29, 1.82) is 0 Å². The van der Waals surface area contributed by atoms with E-state index in [1.807, 2.05) is 72.8 Å².